The van der Waals surface area contributed by atoms with E-state index in [1.807, 2.05) is 30.3 Å². The minimum atomic E-state index is -0.0848. The van der Waals surface area contributed by atoms with E-state index in [2.05, 4.69) is 29.4 Å². The minimum Gasteiger partial charge on any atom is -0.486 e. The zero-order valence-corrected chi connectivity index (χ0v) is 13.2. The Hall–Kier alpha value is -2.40. The van der Waals surface area contributed by atoms with Gasteiger partial charge in [0, 0.05) is 12.6 Å². The van der Waals surface area contributed by atoms with E-state index in [1.165, 1.54) is 17.2 Å². The fourth-order valence-corrected chi connectivity index (χ4v) is 3.10. The maximum Gasteiger partial charge on any atom is 0.221 e. The number of carbonyl (C=O) groups is 1. The van der Waals surface area contributed by atoms with E-state index in [1.54, 1.807) is 11.3 Å². The topological polar surface area (TPSA) is 51.2 Å². The predicted molar refractivity (Wildman–Crippen MR) is 89.4 cm³/mol. The molecular weight excluding hydrogens is 296 g/mol. The summed E-state index contributed by atoms with van der Waals surface area (Å²) in [5.41, 5.74) is 3.00. The van der Waals surface area contributed by atoms with Crippen molar-refractivity contribution < 1.29 is 9.53 Å². The maximum absolute atomic E-state index is 11.0. The van der Waals surface area contributed by atoms with Crippen LogP contribution in [0.4, 0.5) is 5.69 Å². The van der Waals surface area contributed by atoms with Crippen molar-refractivity contribution >= 4 is 33.1 Å². The highest BCUT2D eigenvalue weighted by Crippen LogP contribution is 2.24. The van der Waals surface area contributed by atoms with Crippen LogP contribution in [0.3, 0.4) is 0 Å². The van der Waals surface area contributed by atoms with E-state index in [-0.39, 0.29) is 5.91 Å². The minimum absolute atomic E-state index is 0.0848. The van der Waals surface area contributed by atoms with Gasteiger partial charge >= 0.3 is 0 Å². The third kappa shape index (κ3) is 3.43. The molecule has 0 spiro atoms. The molecule has 0 unspecified atom stereocenters. The quantitative estimate of drug-likeness (QED) is 0.787. The van der Waals surface area contributed by atoms with Crippen LogP contribution in [0.15, 0.2) is 42.5 Å². The fourth-order valence-electron chi connectivity index (χ4n) is 2.12. The van der Waals surface area contributed by atoms with Crippen LogP contribution in [-0.4, -0.2) is 10.9 Å². The normalized spacial score (nSPS) is 10.6. The average Bonchev–Trinajstić information content (AvgIpc) is 2.88. The standard InChI is InChI=1S/C17H16N2O2S/c1-11-3-8-15-16(9-11)22-17(19-15)10-21-14-6-4-13(5-7-14)18-12(2)20/h3-9H,10H2,1-2H3,(H,18,20). The van der Waals surface area contributed by atoms with Crippen molar-refractivity contribution in [3.05, 3.63) is 53.0 Å². The molecule has 0 bridgehead atoms. The van der Waals surface area contributed by atoms with Crippen LogP contribution < -0.4 is 10.1 Å². The average molecular weight is 312 g/mol. The second kappa shape index (κ2) is 6.15. The van der Waals surface area contributed by atoms with Crippen molar-refractivity contribution in [2.24, 2.45) is 0 Å². The van der Waals surface area contributed by atoms with Crippen LogP contribution in [-0.2, 0) is 11.4 Å². The molecule has 3 aromatic rings. The molecule has 3 rings (SSSR count). The number of ether oxygens (including phenoxy) is 1. The zero-order valence-electron chi connectivity index (χ0n) is 12.4. The summed E-state index contributed by atoms with van der Waals surface area (Å²) in [5, 5.41) is 3.67. The van der Waals surface area contributed by atoms with Gasteiger partial charge in [-0.3, -0.25) is 4.79 Å². The molecule has 1 amide bonds. The van der Waals surface area contributed by atoms with Gasteiger partial charge in [0.15, 0.2) is 0 Å². The number of aryl methyl sites for hydroxylation is 1. The third-order valence-corrected chi connectivity index (χ3v) is 4.12. The van der Waals surface area contributed by atoms with Gasteiger partial charge in [0.2, 0.25) is 5.91 Å². The summed E-state index contributed by atoms with van der Waals surface area (Å²) < 4.78 is 6.93. The summed E-state index contributed by atoms with van der Waals surface area (Å²) >= 11 is 1.65. The first kappa shape index (κ1) is 14.5. The van der Waals surface area contributed by atoms with E-state index in [4.69, 9.17) is 4.74 Å². The summed E-state index contributed by atoms with van der Waals surface area (Å²) in [5.74, 6) is 0.669. The Labute approximate surface area is 132 Å². The van der Waals surface area contributed by atoms with Crippen LogP contribution in [0.25, 0.3) is 10.2 Å². The maximum atomic E-state index is 11.0. The Morgan fingerprint density at radius 2 is 2.00 bits per heavy atom. The lowest BCUT2D eigenvalue weighted by molar-refractivity contribution is -0.114. The molecule has 0 saturated carbocycles. The highest BCUT2D eigenvalue weighted by atomic mass is 32.1. The number of hydrogen-bond donors (Lipinski definition) is 1. The molecule has 0 aliphatic heterocycles. The van der Waals surface area contributed by atoms with Gasteiger partial charge in [-0.2, -0.15) is 0 Å². The molecule has 1 aromatic heterocycles. The number of benzene rings is 2. The van der Waals surface area contributed by atoms with E-state index < -0.39 is 0 Å². The number of fused-ring (bicyclic) bond motifs is 1. The van der Waals surface area contributed by atoms with Gasteiger partial charge in [0.25, 0.3) is 0 Å². The van der Waals surface area contributed by atoms with Crippen molar-refractivity contribution in [2.45, 2.75) is 20.5 Å². The Bertz CT molecular complexity index is 809. The lowest BCUT2D eigenvalue weighted by Crippen LogP contribution is -2.05. The Morgan fingerprint density at radius 1 is 1.23 bits per heavy atom. The molecule has 2 aromatic carbocycles. The lowest BCUT2D eigenvalue weighted by Gasteiger charge is -2.05. The first-order valence-corrected chi connectivity index (χ1v) is 7.78. The van der Waals surface area contributed by atoms with Crippen LogP contribution in [0.2, 0.25) is 0 Å². The number of rotatable bonds is 4. The molecule has 1 N–H and O–H groups in total. The molecule has 112 valence electrons. The second-order valence-corrected chi connectivity index (χ2v) is 6.19. The Balaban J connectivity index is 1.67. The van der Waals surface area contributed by atoms with Gasteiger partial charge in [0.1, 0.15) is 17.4 Å². The largest absolute Gasteiger partial charge is 0.486 e. The summed E-state index contributed by atoms with van der Waals surface area (Å²) in [6.45, 7) is 4.00. The third-order valence-electron chi connectivity index (χ3n) is 3.13. The van der Waals surface area contributed by atoms with E-state index in [9.17, 15) is 4.79 Å². The monoisotopic (exact) mass is 312 g/mol. The first-order valence-electron chi connectivity index (χ1n) is 6.97. The number of thiazole rings is 1. The number of aromatic nitrogens is 1. The summed E-state index contributed by atoms with van der Waals surface area (Å²) in [7, 11) is 0. The van der Waals surface area contributed by atoms with Crippen LogP contribution in [0, 0.1) is 6.92 Å². The number of nitrogens with zero attached hydrogens (tertiary/aromatic N) is 1. The summed E-state index contributed by atoms with van der Waals surface area (Å²) in [6, 6.07) is 13.5. The highest BCUT2D eigenvalue weighted by molar-refractivity contribution is 7.18. The molecule has 22 heavy (non-hydrogen) atoms. The fraction of sp³-hybridized carbons (Fsp3) is 0.176. The Morgan fingerprint density at radius 3 is 2.73 bits per heavy atom. The first-order chi connectivity index (χ1) is 10.6. The van der Waals surface area contributed by atoms with Crippen molar-refractivity contribution in [1.29, 1.82) is 0 Å². The van der Waals surface area contributed by atoms with Crippen molar-refractivity contribution in [3.63, 3.8) is 0 Å². The molecule has 5 heteroatoms. The molecule has 0 atom stereocenters. The molecule has 1 heterocycles. The molecule has 0 radical (unpaired) electrons. The molecular formula is C17H16N2O2S. The van der Waals surface area contributed by atoms with Crippen LogP contribution in [0.1, 0.15) is 17.5 Å². The number of carbonyl (C=O) groups excluding carboxylic acids is 1. The zero-order chi connectivity index (χ0) is 15.5. The smallest absolute Gasteiger partial charge is 0.221 e. The van der Waals surface area contributed by atoms with Gasteiger partial charge in [0.05, 0.1) is 10.2 Å². The molecule has 4 nitrogen and oxygen atoms in total. The SMILES string of the molecule is CC(=O)Nc1ccc(OCc2nc3ccc(C)cc3s2)cc1. The van der Waals surface area contributed by atoms with Crippen molar-refractivity contribution in [1.82, 2.24) is 4.98 Å². The summed E-state index contributed by atoms with van der Waals surface area (Å²) in [6.07, 6.45) is 0. The number of anilines is 1. The molecule has 0 fully saturated rings. The number of hydrogen-bond acceptors (Lipinski definition) is 4. The van der Waals surface area contributed by atoms with Gasteiger partial charge in [-0.15, -0.1) is 11.3 Å². The summed E-state index contributed by atoms with van der Waals surface area (Å²) in [4.78, 5) is 15.5. The van der Waals surface area contributed by atoms with E-state index in [0.717, 1.165) is 22.0 Å². The van der Waals surface area contributed by atoms with Gasteiger partial charge in [-0.05, 0) is 48.9 Å². The Kier molecular flexibility index (Phi) is 4.06. The van der Waals surface area contributed by atoms with Crippen molar-refractivity contribution in [3.8, 4) is 5.75 Å². The molecule has 0 saturated heterocycles. The van der Waals surface area contributed by atoms with Crippen molar-refractivity contribution in [2.75, 3.05) is 5.32 Å². The highest BCUT2D eigenvalue weighted by Gasteiger charge is 2.05. The van der Waals surface area contributed by atoms with Gasteiger partial charge < -0.3 is 10.1 Å². The van der Waals surface area contributed by atoms with E-state index >= 15 is 0 Å². The number of amides is 1. The molecule has 0 aliphatic rings. The van der Waals surface area contributed by atoms with Crippen LogP contribution in [0.5, 0.6) is 5.75 Å². The van der Waals surface area contributed by atoms with Crippen LogP contribution >= 0.6 is 11.3 Å². The molecule has 0 aliphatic carbocycles. The van der Waals surface area contributed by atoms with Gasteiger partial charge in [-0.25, -0.2) is 4.98 Å². The predicted octanol–water partition coefficient (Wildman–Crippen LogP) is 4.14. The lowest BCUT2D eigenvalue weighted by atomic mass is 10.2. The second-order valence-electron chi connectivity index (χ2n) is 5.07. The van der Waals surface area contributed by atoms with E-state index in [0.29, 0.717) is 6.61 Å². The van der Waals surface area contributed by atoms with Gasteiger partial charge in [-0.1, -0.05) is 6.07 Å². The number of nitrogens with one attached hydrogen (secondary N) is 1.